The molecular weight excluding hydrogens is 234 g/mol. The van der Waals surface area contributed by atoms with Crippen molar-refractivity contribution < 1.29 is 5.21 Å². The average Bonchev–Trinajstić information content (AvgIpc) is 2.47. The lowest BCUT2D eigenvalue weighted by Crippen LogP contribution is -2.00. The van der Waals surface area contributed by atoms with Crippen LogP contribution in [0, 0.1) is 0 Å². The number of benzene rings is 1. The third kappa shape index (κ3) is 7.00. The summed E-state index contributed by atoms with van der Waals surface area (Å²) in [5.41, 5.74) is 1.85. The molecule has 1 rings (SSSR count). The summed E-state index contributed by atoms with van der Waals surface area (Å²) in [5, 5.41) is 12.5. The Hall–Kier alpha value is -1.31. The van der Waals surface area contributed by atoms with Gasteiger partial charge in [0.05, 0.1) is 5.71 Å². The Morgan fingerprint density at radius 1 is 0.895 bits per heavy atom. The van der Waals surface area contributed by atoms with Crippen LogP contribution in [0.25, 0.3) is 0 Å². The van der Waals surface area contributed by atoms with Gasteiger partial charge in [0.1, 0.15) is 0 Å². The minimum absolute atomic E-state index is 0.812. The second-order valence-corrected chi connectivity index (χ2v) is 5.14. The monoisotopic (exact) mass is 261 g/mol. The summed E-state index contributed by atoms with van der Waals surface area (Å²) in [6, 6.07) is 9.94. The SMILES string of the molecule is CCCCCCCCCCC(=NO)c1ccccc1. The molecule has 0 radical (unpaired) electrons. The van der Waals surface area contributed by atoms with Crippen molar-refractivity contribution in [2.45, 2.75) is 64.7 Å². The van der Waals surface area contributed by atoms with Crippen LogP contribution in [0.4, 0.5) is 0 Å². The molecule has 0 amide bonds. The summed E-state index contributed by atoms with van der Waals surface area (Å²) < 4.78 is 0. The van der Waals surface area contributed by atoms with E-state index < -0.39 is 0 Å². The average molecular weight is 261 g/mol. The molecule has 2 heteroatoms. The summed E-state index contributed by atoms with van der Waals surface area (Å²) >= 11 is 0. The van der Waals surface area contributed by atoms with Gasteiger partial charge in [0, 0.05) is 0 Å². The smallest absolute Gasteiger partial charge is 0.0867 e. The quantitative estimate of drug-likeness (QED) is 0.260. The molecule has 1 N–H and O–H groups in total. The van der Waals surface area contributed by atoms with Crippen LogP contribution < -0.4 is 0 Å². The van der Waals surface area contributed by atoms with E-state index in [9.17, 15) is 0 Å². The second-order valence-electron chi connectivity index (χ2n) is 5.14. The Kier molecular flexibility index (Phi) is 8.78. The van der Waals surface area contributed by atoms with E-state index >= 15 is 0 Å². The van der Waals surface area contributed by atoms with Crippen molar-refractivity contribution >= 4 is 5.71 Å². The van der Waals surface area contributed by atoms with Gasteiger partial charge in [-0.2, -0.15) is 0 Å². The highest BCUT2D eigenvalue weighted by molar-refractivity contribution is 6.00. The minimum Gasteiger partial charge on any atom is -0.411 e. The first kappa shape index (κ1) is 15.7. The summed E-state index contributed by atoms with van der Waals surface area (Å²) in [5.74, 6) is 0. The molecule has 2 nitrogen and oxygen atoms in total. The van der Waals surface area contributed by atoms with E-state index in [1.807, 2.05) is 30.3 Å². The summed E-state index contributed by atoms with van der Waals surface area (Å²) in [4.78, 5) is 0. The van der Waals surface area contributed by atoms with Crippen molar-refractivity contribution in [3.05, 3.63) is 35.9 Å². The first-order valence-electron chi connectivity index (χ1n) is 7.64. The number of rotatable bonds is 10. The van der Waals surface area contributed by atoms with Crippen molar-refractivity contribution in [1.29, 1.82) is 0 Å². The van der Waals surface area contributed by atoms with Crippen LogP contribution in [-0.4, -0.2) is 10.9 Å². The lowest BCUT2D eigenvalue weighted by atomic mass is 10.0. The maximum atomic E-state index is 9.07. The molecule has 0 unspecified atom stereocenters. The zero-order valence-corrected chi connectivity index (χ0v) is 12.1. The van der Waals surface area contributed by atoms with E-state index in [2.05, 4.69) is 12.1 Å². The summed E-state index contributed by atoms with van der Waals surface area (Å²) in [6.45, 7) is 2.25. The third-order valence-electron chi connectivity index (χ3n) is 3.49. The topological polar surface area (TPSA) is 32.6 Å². The molecule has 0 saturated heterocycles. The van der Waals surface area contributed by atoms with E-state index in [4.69, 9.17) is 5.21 Å². The van der Waals surface area contributed by atoms with Gasteiger partial charge in [-0.1, -0.05) is 87.4 Å². The predicted molar refractivity (Wildman–Crippen MR) is 82.0 cm³/mol. The van der Waals surface area contributed by atoms with Gasteiger partial charge in [-0.15, -0.1) is 0 Å². The Balaban J connectivity index is 2.11. The molecule has 0 aromatic heterocycles. The van der Waals surface area contributed by atoms with Crippen LogP contribution >= 0.6 is 0 Å². The standard InChI is InChI=1S/C17H27NO/c1-2-3-4-5-6-7-8-12-15-17(18-19)16-13-10-9-11-14-16/h9-11,13-14,19H,2-8,12,15H2,1H3. The molecule has 1 aromatic carbocycles. The van der Waals surface area contributed by atoms with Gasteiger partial charge in [-0.25, -0.2) is 0 Å². The second kappa shape index (κ2) is 10.6. The summed E-state index contributed by atoms with van der Waals surface area (Å²) in [6.07, 6.45) is 11.3. The number of oxime groups is 1. The van der Waals surface area contributed by atoms with E-state index in [-0.39, 0.29) is 0 Å². The van der Waals surface area contributed by atoms with Crippen LogP contribution in [0.3, 0.4) is 0 Å². The molecule has 1 aromatic rings. The third-order valence-corrected chi connectivity index (χ3v) is 3.49. The van der Waals surface area contributed by atoms with Gasteiger partial charge in [-0.05, 0) is 18.4 Å². The molecule has 0 spiro atoms. The van der Waals surface area contributed by atoms with Crippen LogP contribution in [0.15, 0.2) is 35.5 Å². The van der Waals surface area contributed by atoms with Crippen molar-refractivity contribution in [1.82, 2.24) is 0 Å². The van der Waals surface area contributed by atoms with E-state index in [1.165, 1.54) is 44.9 Å². The first-order chi connectivity index (χ1) is 9.38. The Morgan fingerprint density at radius 2 is 1.47 bits per heavy atom. The van der Waals surface area contributed by atoms with Gasteiger partial charge < -0.3 is 5.21 Å². The van der Waals surface area contributed by atoms with Gasteiger partial charge in [-0.3, -0.25) is 0 Å². The molecule has 0 aliphatic heterocycles. The fourth-order valence-electron chi connectivity index (χ4n) is 2.31. The highest BCUT2D eigenvalue weighted by Gasteiger charge is 2.03. The van der Waals surface area contributed by atoms with Crippen molar-refractivity contribution in [3.63, 3.8) is 0 Å². The number of unbranched alkanes of at least 4 members (excludes halogenated alkanes) is 7. The zero-order chi connectivity index (χ0) is 13.8. The van der Waals surface area contributed by atoms with Crippen LogP contribution in [0.5, 0.6) is 0 Å². The molecule has 0 saturated carbocycles. The first-order valence-corrected chi connectivity index (χ1v) is 7.64. The molecule has 19 heavy (non-hydrogen) atoms. The molecule has 0 heterocycles. The minimum atomic E-state index is 0.812. The number of nitrogens with zero attached hydrogens (tertiary/aromatic N) is 1. The van der Waals surface area contributed by atoms with Crippen LogP contribution in [0.2, 0.25) is 0 Å². The normalized spacial score (nSPS) is 11.7. The lowest BCUT2D eigenvalue weighted by molar-refractivity contribution is 0.317. The molecule has 0 aliphatic rings. The van der Waals surface area contributed by atoms with Gasteiger partial charge in [0.25, 0.3) is 0 Å². The fourth-order valence-corrected chi connectivity index (χ4v) is 2.31. The van der Waals surface area contributed by atoms with Gasteiger partial charge in [0.2, 0.25) is 0 Å². The molecule has 0 atom stereocenters. The Labute approximate surface area is 117 Å². The fraction of sp³-hybridized carbons (Fsp3) is 0.588. The Morgan fingerprint density at radius 3 is 2.05 bits per heavy atom. The van der Waals surface area contributed by atoms with Crippen molar-refractivity contribution in [2.24, 2.45) is 5.16 Å². The van der Waals surface area contributed by atoms with Gasteiger partial charge in [0.15, 0.2) is 0 Å². The molecule has 106 valence electrons. The molecular formula is C17H27NO. The van der Waals surface area contributed by atoms with Crippen LogP contribution in [0.1, 0.15) is 70.3 Å². The lowest BCUT2D eigenvalue weighted by Gasteiger charge is -2.05. The van der Waals surface area contributed by atoms with Crippen molar-refractivity contribution in [2.75, 3.05) is 0 Å². The van der Waals surface area contributed by atoms with Crippen LogP contribution in [-0.2, 0) is 0 Å². The van der Waals surface area contributed by atoms with E-state index in [0.29, 0.717) is 0 Å². The predicted octanol–water partition coefficient (Wildman–Crippen LogP) is 5.40. The van der Waals surface area contributed by atoms with E-state index in [1.54, 1.807) is 0 Å². The summed E-state index contributed by atoms with van der Waals surface area (Å²) in [7, 11) is 0. The molecule has 0 aliphatic carbocycles. The number of hydrogen-bond donors (Lipinski definition) is 1. The van der Waals surface area contributed by atoms with E-state index in [0.717, 1.165) is 24.1 Å². The largest absolute Gasteiger partial charge is 0.411 e. The highest BCUT2D eigenvalue weighted by atomic mass is 16.4. The van der Waals surface area contributed by atoms with Gasteiger partial charge >= 0.3 is 0 Å². The maximum Gasteiger partial charge on any atom is 0.0867 e. The maximum absolute atomic E-state index is 9.07. The number of hydrogen-bond acceptors (Lipinski definition) is 2. The zero-order valence-electron chi connectivity index (χ0n) is 12.1. The highest BCUT2D eigenvalue weighted by Crippen LogP contribution is 2.12. The Bertz CT molecular complexity index is 346. The van der Waals surface area contributed by atoms with Crippen molar-refractivity contribution in [3.8, 4) is 0 Å². The molecule has 0 bridgehead atoms. The molecule has 0 fully saturated rings.